The smallest absolute Gasteiger partial charge is 0.321 e. The molecular weight excluding hydrogens is 374 g/mol. The number of aromatic nitrogens is 3. The van der Waals surface area contributed by atoms with Gasteiger partial charge in [-0.15, -0.1) is 0 Å². The highest BCUT2D eigenvalue weighted by molar-refractivity contribution is 7.89. The summed E-state index contributed by atoms with van der Waals surface area (Å²) in [4.78, 5) is 26.5. The number of hydrogen-bond acceptors (Lipinski definition) is 6. The van der Waals surface area contributed by atoms with Gasteiger partial charge in [0.15, 0.2) is 5.82 Å². The third kappa shape index (κ3) is 4.49. The van der Waals surface area contributed by atoms with Crippen molar-refractivity contribution >= 4 is 21.9 Å². The van der Waals surface area contributed by atoms with Crippen LogP contribution in [0.4, 0.5) is 0 Å². The van der Waals surface area contributed by atoms with Crippen LogP contribution in [0.3, 0.4) is 0 Å². The Balaban J connectivity index is 2.42. The van der Waals surface area contributed by atoms with Crippen LogP contribution in [0.2, 0.25) is 0 Å². The molecule has 2 aromatic rings. The first-order valence-electron chi connectivity index (χ1n) is 8.11. The molecule has 2 aromatic heterocycles. The summed E-state index contributed by atoms with van der Waals surface area (Å²) in [6, 6.07) is 3.81. The van der Waals surface area contributed by atoms with Gasteiger partial charge in [-0.05, 0) is 26.0 Å². The van der Waals surface area contributed by atoms with Crippen molar-refractivity contribution in [2.75, 3.05) is 13.1 Å². The van der Waals surface area contributed by atoms with Gasteiger partial charge in [-0.2, -0.15) is 9.40 Å². The average molecular weight is 395 g/mol. The molecule has 146 valence electrons. The summed E-state index contributed by atoms with van der Waals surface area (Å²) < 4.78 is 28.4. The van der Waals surface area contributed by atoms with Gasteiger partial charge in [-0.1, -0.05) is 6.07 Å². The Bertz CT molecular complexity index is 926. The number of carbonyl (C=O) groups excluding carboxylic acids is 1. The van der Waals surface area contributed by atoms with Gasteiger partial charge in [-0.3, -0.25) is 9.59 Å². The molecule has 0 aliphatic carbocycles. The second kappa shape index (κ2) is 8.27. The lowest BCUT2D eigenvalue weighted by Gasteiger charge is -2.25. The van der Waals surface area contributed by atoms with Gasteiger partial charge in [0.05, 0.1) is 11.9 Å². The first-order chi connectivity index (χ1) is 12.7. The number of hydrogen-bond donors (Lipinski definition) is 2. The maximum absolute atomic E-state index is 13.1. The zero-order valence-electron chi connectivity index (χ0n) is 15.2. The van der Waals surface area contributed by atoms with Gasteiger partial charge >= 0.3 is 5.97 Å². The second-order valence-electron chi connectivity index (χ2n) is 5.81. The van der Waals surface area contributed by atoms with Crippen LogP contribution in [0.25, 0.3) is 5.82 Å². The maximum Gasteiger partial charge on any atom is 0.321 e. The first-order valence-corrected chi connectivity index (χ1v) is 9.55. The number of carboxylic acids is 1. The monoisotopic (exact) mass is 395 g/mol. The van der Waals surface area contributed by atoms with Crippen molar-refractivity contribution in [2.24, 2.45) is 0 Å². The van der Waals surface area contributed by atoms with Gasteiger partial charge in [-0.25, -0.2) is 18.1 Å². The van der Waals surface area contributed by atoms with E-state index in [4.69, 9.17) is 0 Å². The quantitative estimate of drug-likeness (QED) is 0.651. The number of amides is 1. The van der Waals surface area contributed by atoms with E-state index in [9.17, 15) is 23.1 Å². The lowest BCUT2D eigenvalue weighted by Crippen LogP contribution is -2.46. The van der Waals surface area contributed by atoms with Crippen molar-refractivity contribution in [2.45, 2.75) is 31.7 Å². The zero-order valence-corrected chi connectivity index (χ0v) is 16.0. The molecule has 0 saturated carbocycles. The van der Waals surface area contributed by atoms with Crippen molar-refractivity contribution in [3.05, 3.63) is 36.3 Å². The molecule has 10 nitrogen and oxygen atoms in total. The van der Waals surface area contributed by atoms with E-state index in [-0.39, 0.29) is 23.9 Å². The predicted octanol–water partition coefficient (Wildman–Crippen LogP) is 0.176. The molecule has 0 aliphatic heterocycles. The lowest BCUT2D eigenvalue weighted by atomic mass is 10.3. The molecule has 1 atom stereocenters. The Hall–Kier alpha value is -2.79. The molecule has 0 fully saturated rings. The number of nitrogens with zero attached hydrogens (tertiary/aromatic N) is 4. The highest BCUT2D eigenvalue weighted by atomic mass is 32.2. The molecule has 0 aromatic carbocycles. The van der Waals surface area contributed by atoms with Crippen LogP contribution < -0.4 is 5.32 Å². The van der Waals surface area contributed by atoms with Gasteiger partial charge in [0, 0.05) is 26.2 Å². The molecule has 1 unspecified atom stereocenters. The first kappa shape index (κ1) is 20.5. The molecular formula is C16H21N5O5S. The summed E-state index contributed by atoms with van der Waals surface area (Å²) in [7, 11) is -4.17. The van der Waals surface area contributed by atoms with E-state index in [0.717, 1.165) is 4.31 Å². The second-order valence-corrected chi connectivity index (χ2v) is 7.67. The normalized spacial score (nSPS) is 12.7. The minimum atomic E-state index is -4.17. The molecule has 11 heteroatoms. The largest absolute Gasteiger partial charge is 0.480 e. The fourth-order valence-corrected chi connectivity index (χ4v) is 4.20. The number of nitrogens with one attached hydrogen (secondary N) is 1. The summed E-state index contributed by atoms with van der Waals surface area (Å²) in [6.45, 7) is 3.92. The Kier molecular flexibility index (Phi) is 6.28. The molecule has 2 heterocycles. The van der Waals surface area contributed by atoms with Crippen molar-refractivity contribution < 1.29 is 23.1 Å². The molecule has 27 heavy (non-hydrogen) atoms. The third-order valence-electron chi connectivity index (χ3n) is 3.91. The Labute approximate surface area is 156 Å². The summed E-state index contributed by atoms with van der Waals surface area (Å²) in [6.07, 6.45) is 2.72. The number of sulfonamides is 1. The number of carboxylic acid groups (broad SMARTS) is 1. The molecule has 2 rings (SSSR count). The molecule has 2 N–H and O–H groups in total. The Morgan fingerprint density at radius 2 is 2.07 bits per heavy atom. The minimum absolute atomic E-state index is 0.0143. The Morgan fingerprint density at radius 3 is 2.63 bits per heavy atom. The number of carbonyl (C=O) groups is 2. The van der Waals surface area contributed by atoms with Crippen LogP contribution in [0.1, 0.15) is 19.5 Å². The fourth-order valence-electron chi connectivity index (χ4n) is 2.47. The van der Waals surface area contributed by atoms with Crippen LogP contribution in [0.15, 0.2) is 35.5 Å². The summed E-state index contributed by atoms with van der Waals surface area (Å²) in [5.41, 5.74) is 0.302. The molecule has 0 radical (unpaired) electrons. The van der Waals surface area contributed by atoms with Crippen LogP contribution in [0, 0.1) is 6.92 Å². The highest BCUT2D eigenvalue weighted by Gasteiger charge is 2.35. The van der Waals surface area contributed by atoms with Crippen molar-refractivity contribution in [3.63, 3.8) is 0 Å². The predicted molar refractivity (Wildman–Crippen MR) is 95.8 cm³/mol. The van der Waals surface area contributed by atoms with Crippen LogP contribution >= 0.6 is 0 Å². The van der Waals surface area contributed by atoms with E-state index in [1.165, 1.54) is 24.7 Å². The Morgan fingerprint density at radius 1 is 1.37 bits per heavy atom. The summed E-state index contributed by atoms with van der Waals surface area (Å²) >= 11 is 0. The van der Waals surface area contributed by atoms with Gasteiger partial charge in [0.25, 0.3) is 0 Å². The van der Waals surface area contributed by atoms with Crippen LogP contribution in [-0.4, -0.2) is 63.6 Å². The minimum Gasteiger partial charge on any atom is -0.480 e. The van der Waals surface area contributed by atoms with E-state index in [1.807, 2.05) is 0 Å². The van der Waals surface area contributed by atoms with Crippen LogP contribution in [-0.2, 0) is 19.6 Å². The highest BCUT2D eigenvalue weighted by Crippen LogP contribution is 2.23. The van der Waals surface area contributed by atoms with Gasteiger partial charge in [0.1, 0.15) is 10.9 Å². The van der Waals surface area contributed by atoms with Gasteiger partial charge in [0.2, 0.25) is 15.9 Å². The zero-order chi connectivity index (χ0) is 20.2. The van der Waals surface area contributed by atoms with Crippen molar-refractivity contribution in [1.29, 1.82) is 0 Å². The summed E-state index contributed by atoms with van der Waals surface area (Å²) in [5.74, 6) is -1.20. The van der Waals surface area contributed by atoms with Crippen LogP contribution in [0.5, 0.6) is 0 Å². The molecule has 0 bridgehead atoms. The molecule has 0 saturated heterocycles. The van der Waals surface area contributed by atoms with Crippen molar-refractivity contribution in [1.82, 2.24) is 24.4 Å². The molecule has 0 spiro atoms. The third-order valence-corrected chi connectivity index (χ3v) is 5.99. The average Bonchev–Trinajstić information content (AvgIpc) is 3.00. The number of pyridine rings is 1. The topological polar surface area (TPSA) is 134 Å². The molecule has 0 aliphatic rings. The van der Waals surface area contributed by atoms with E-state index < -0.39 is 22.0 Å². The van der Waals surface area contributed by atoms with E-state index in [0.29, 0.717) is 11.5 Å². The van der Waals surface area contributed by atoms with E-state index >= 15 is 0 Å². The maximum atomic E-state index is 13.1. The summed E-state index contributed by atoms with van der Waals surface area (Å²) in [5, 5.41) is 15.8. The lowest BCUT2D eigenvalue weighted by molar-refractivity contribution is -0.140. The van der Waals surface area contributed by atoms with Crippen molar-refractivity contribution in [3.8, 4) is 5.82 Å². The standard InChI is InChI=1S/C16H21N5O5S/c1-11-14(10-19-21(11)15-6-4-5-7-18-15)27(25,26)20(12(2)16(23)24)9-8-17-13(3)22/h4-7,10,12H,8-9H2,1-3H3,(H,17,22)(H,23,24). The molecule has 1 amide bonds. The number of rotatable bonds is 8. The van der Waals surface area contributed by atoms with Gasteiger partial charge < -0.3 is 10.4 Å². The van der Waals surface area contributed by atoms with E-state index in [2.05, 4.69) is 15.4 Å². The number of aliphatic carboxylic acids is 1. The SMILES string of the molecule is CC(=O)NCCN(C(C)C(=O)O)S(=O)(=O)c1cnn(-c2ccccn2)c1C. The van der Waals surface area contributed by atoms with E-state index in [1.54, 1.807) is 31.3 Å². The fraction of sp³-hybridized carbons (Fsp3) is 0.375.